The standard InChI is InChI=1S/C14H21N3O3S.ClH/c1-10-3-6-12(21(19,20)17-11-4-5-11)9-13(10)14(18)16-8-7-15-2;/h3,6,9,11,15,17H,4-5,7-8H2,1-2H3,(H,16,18);1H. The Balaban J connectivity index is 0.00000242. The summed E-state index contributed by atoms with van der Waals surface area (Å²) in [5.74, 6) is -0.258. The van der Waals surface area contributed by atoms with Gasteiger partial charge in [0.05, 0.1) is 4.90 Å². The topological polar surface area (TPSA) is 87.3 Å². The SMILES string of the molecule is CNCCNC(=O)c1cc(S(=O)(=O)NC2CC2)ccc1C.Cl. The Morgan fingerprint density at radius 2 is 1.95 bits per heavy atom. The van der Waals surface area contributed by atoms with Crippen LogP contribution in [0.5, 0.6) is 0 Å². The van der Waals surface area contributed by atoms with E-state index >= 15 is 0 Å². The zero-order valence-corrected chi connectivity index (χ0v) is 14.3. The number of carbonyl (C=O) groups is 1. The first kappa shape index (κ1) is 18.9. The zero-order chi connectivity index (χ0) is 15.5. The molecule has 0 radical (unpaired) electrons. The van der Waals surface area contributed by atoms with Gasteiger partial charge in [0.25, 0.3) is 5.91 Å². The summed E-state index contributed by atoms with van der Waals surface area (Å²) in [5, 5.41) is 5.69. The maximum Gasteiger partial charge on any atom is 0.251 e. The fourth-order valence-electron chi connectivity index (χ4n) is 1.90. The second-order valence-corrected chi connectivity index (χ2v) is 6.95. The van der Waals surface area contributed by atoms with E-state index in [4.69, 9.17) is 0 Å². The Bertz CT molecular complexity index is 630. The van der Waals surface area contributed by atoms with Gasteiger partial charge >= 0.3 is 0 Å². The van der Waals surface area contributed by atoms with Crippen molar-refractivity contribution < 1.29 is 13.2 Å². The highest BCUT2D eigenvalue weighted by Crippen LogP contribution is 2.23. The van der Waals surface area contributed by atoms with Crippen LogP contribution in [0.1, 0.15) is 28.8 Å². The minimum atomic E-state index is -3.54. The molecule has 8 heteroatoms. The molecule has 0 bridgehead atoms. The summed E-state index contributed by atoms with van der Waals surface area (Å²) in [6.07, 6.45) is 1.75. The number of hydrogen-bond acceptors (Lipinski definition) is 4. The maximum atomic E-state index is 12.2. The van der Waals surface area contributed by atoms with E-state index in [1.807, 2.05) is 0 Å². The van der Waals surface area contributed by atoms with Crippen molar-refractivity contribution in [1.29, 1.82) is 0 Å². The van der Waals surface area contributed by atoms with Crippen LogP contribution in [0.3, 0.4) is 0 Å². The molecular weight excluding hydrogens is 326 g/mol. The number of nitrogens with one attached hydrogen (secondary N) is 3. The van der Waals surface area contributed by atoms with E-state index in [0.29, 0.717) is 18.7 Å². The molecule has 0 heterocycles. The van der Waals surface area contributed by atoms with E-state index in [0.717, 1.165) is 18.4 Å². The van der Waals surface area contributed by atoms with Gasteiger partial charge in [-0.05, 0) is 44.5 Å². The first-order valence-corrected chi connectivity index (χ1v) is 8.48. The van der Waals surface area contributed by atoms with Crippen LogP contribution in [0.25, 0.3) is 0 Å². The molecule has 1 saturated carbocycles. The van der Waals surface area contributed by atoms with Crippen molar-refractivity contribution in [3.05, 3.63) is 29.3 Å². The van der Waals surface area contributed by atoms with Gasteiger partial charge in [-0.3, -0.25) is 4.79 Å². The van der Waals surface area contributed by atoms with Crippen LogP contribution in [0.2, 0.25) is 0 Å². The fourth-order valence-corrected chi connectivity index (χ4v) is 3.23. The number of carbonyl (C=O) groups excluding carboxylic acids is 1. The molecule has 1 aromatic rings. The molecule has 1 amide bonds. The van der Waals surface area contributed by atoms with Crippen molar-refractivity contribution in [2.75, 3.05) is 20.1 Å². The van der Waals surface area contributed by atoms with Gasteiger partial charge in [0.2, 0.25) is 10.0 Å². The van der Waals surface area contributed by atoms with E-state index in [2.05, 4.69) is 15.4 Å². The van der Waals surface area contributed by atoms with Crippen LogP contribution >= 0.6 is 12.4 Å². The minimum absolute atomic E-state index is 0. The van der Waals surface area contributed by atoms with Crippen LogP contribution in [0.4, 0.5) is 0 Å². The molecule has 0 unspecified atom stereocenters. The molecule has 1 aliphatic rings. The summed E-state index contributed by atoms with van der Waals surface area (Å²) in [4.78, 5) is 12.2. The average molecular weight is 348 g/mol. The van der Waals surface area contributed by atoms with Gasteiger partial charge in [0, 0.05) is 24.7 Å². The number of amides is 1. The van der Waals surface area contributed by atoms with Crippen molar-refractivity contribution >= 4 is 28.3 Å². The maximum absolute atomic E-state index is 12.2. The highest BCUT2D eigenvalue weighted by molar-refractivity contribution is 7.89. The lowest BCUT2D eigenvalue weighted by Crippen LogP contribution is -2.31. The third-order valence-electron chi connectivity index (χ3n) is 3.32. The highest BCUT2D eigenvalue weighted by Gasteiger charge is 2.28. The van der Waals surface area contributed by atoms with Gasteiger partial charge < -0.3 is 10.6 Å². The first-order chi connectivity index (χ1) is 9.94. The third kappa shape index (κ3) is 4.95. The van der Waals surface area contributed by atoms with Crippen molar-refractivity contribution in [2.45, 2.75) is 30.7 Å². The lowest BCUT2D eigenvalue weighted by Gasteiger charge is -2.11. The molecule has 1 aromatic carbocycles. The van der Waals surface area contributed by atoms with Gasteiger partial charge in [-0.2, -0.15) is 0 Å². The Labute approximate surface area is 137 Å². The molecule has 0 spiro atoms. The number of hydrogen-bond donors (Lipinski definition) is 3. The molecule has 1 fully saturated rings. The lowest BCUT2D eigenvalue weighted by atomic mass is 10.1. The molecule has 0 aromatic heterocycles. The third-order valence-corrected chi connectivity index (χ3v) is 4.84. The smallest absolute Gasteiger partial charge is 0.251 e. The minimum Gasteiger partial charge on any atom is -0.351 e. The van der Waals surface area contributed by atoms with Gasteiger partial charge in [0.15, 0.2) is 0 Å². The number of halogens is 1. The van der Waals surface area contributed by atoms with Crippen LogP contribution < -0.4 is 15.4 Å². The van der Waals surface area contributed by atoms with E-state index in [-0.39, 0.29) is 29.3 Å². The lowest BCUT2D eigenvalue weighted by molar-refractivity contribution is 0.0953. The fraction of sp³-hybridized carbons (Fsp3) is 0.500. The van der Waals surface area contributed by atoms with Gasteiger partial charge in [-0.25, -0.2) is 13.1 Å². The second-order valence-electron chi connectivity index (χ2n) is 5.23. The van der Waals surface area contributed by atoms with Crippen LogP contribution in [-0.2, 0) is 10.0 Å². The molecule has 22 heavy (non-hydrogen) atoms. The number of benzene rings is 1. The van der Waals surface area contributed by atoms with Gasteiger partial charge in [-0.1, -0.05) is 6.07 Å². The van der Waals surface area contributed by atoms with Crippen molar-refractivity contribution in [3.63, 3.8) is 0 Å². The van der Waals surface area contributed by atoms with Crippen LogP contribution in [0, 0.1) is 6.92 Å². The monoisotopic (exact) mass is 347 g/mol. The molecule has 3 N–H and O–H groups in total. The Morgan fingerprint density at radius 3 is 2.55 bits per heavy atom. The molecule has 1 aliphatic carbocycles. The van der Waals surface area contributed by atoms with Crippen molar-refractivity contribution in [1.82, 2.24) is 15.4 Å². The van der Waals surface area contributed by atoms with E-state index in [1.54, 1.807) is 20.0 Å². The predicted molar refractivity (Wildman–Crippen MR) is 88.0 cm³/mol. The summed E-state index contributed by atoms with van der Waals surface area (Å²) in [5.41, 5.74) is 1.15. The Kier molecular flexibility index (Phi) is 6.80. The van der Waals surface area contributed by atoms with Gasteiger partial charge in [-0.15, -0.1) is 12.4 Å². The van der Waals surface area contributed by atoms with Crippen molar-refractivity contribution in [3.8, 4) is 0 Å². The van der Waals surface area contributed by atoms with Gasteiger partial charge in [0.1, 0.15) is 0 Å². The molecule has 0 atom stereocenters. The average Bonchev–Trinajstić information content (AvgIpc) is 3.22. The second kappa shape index (κ2) is 7.92. The number of likely N-dealkylation sites (N-methyl/N-ethyl adjacent to an activating group) is 1. The molecule has 2 rings (SSSR count). The van der Waals surface area contributed by atoms with E-state index < -0.39 is 10.0 Å². The summed E-state index contributed by atoms with van der Waals surface area (Å²) >= 11 is 0. The number of sulfonamides is 1. The zero-order valence-electron chi connectivity index (χ0n) is 12.7. The highest BCUT2D eigenvalue weighted by atomic mass is 35.5. The van der Waals surface area contributed by atoms with Crippen LogP contribution in [-0.4, -0.2) is 40.5 Å². The molecule has 6 nitrogen and oxygen atoms in total. The summed E-state index contributed by atoms with van der Waals surface area (Å²) in [6.45, 7) is 2.94. The summed E-state index contributed by atoms with van der Waals surface area (Å²) in [7, 11) is -1.74. The number of aryl methyl sites for hydroxylation is 1. The summed E-state index contributed by atoms with van der Waals surface area (Å²) < 4.78 is 27.0. The normalized spacial score (nSPS) is 14.3. The number of rotatable bonds is 7. The predicted octanol–water partition coefficient (Wildman–Crippen LogP) is 0.807. The first-order valence-electron chi connectivity index (χ1n) is 7.00. The van der Waals surface area contributed by atoms with E-state index in [9.17, 15) is 13.2 Å². The quantitative estimate of drug-likeness (QED) is 0.637. The molecular formula is C14H22ClN3O3S. The molecule has 0 saturated heterocycles. The largest absolute Gasteiger partial charge is 0.351 e. The summed E-state index contributed by atoms with van der Waals surface area (Å²) in [6, 6.07) is 4.68. The molecule has 124 valence electrons. The van der Waals surface area contributed by atoms with Crippen molar-refractivity contribution in [2.24, 2.45) is 0 Å². The Hall–Kier alpha value is -1.15. The molecule has 0 aliphatic heterocycles. The van der Waals surface area contributed by atoms with Crippen LogP contribution in [0.15, 0.2) is 23.1 Å². The Morgan fingerprint density at radius 1 is 1.27 bits per heavy atom. The van der Waals surface area contributed by atoms with E-state index in [1.165, 1.54) is 12.1 Å².